The second kappa shape index (κ2) is 7.43. The van der Waals surface area contributed by atoms with Crippen LogP contribution in [-0.4, -0.2) is 31.9 Å². The number of rotatable bonds is 6. The molecule has 0 saturated heterocycles. The molecule has 0 saturated carbocycles. The number of carbonyl (C=O) groups excluding carboxylic acids is 2. The Balaban J connectivity index is 4.31. The van der Waals surface area contributed by atoms with Crippen LogP contribution in [0.1, 0.15) is 20.8 Å². The van der Waals surface area contributed by atoms with Crippen molar-refractivity contribution in [3.8, 4) is 12.3 Å². The summed E-state index contributed by atoms with van der Waals surface area (Å²) in [6, 6.07) is 0. The van der Waals surface area contributed by atoms with Gasteiger partial charge < -0.3 is 20.5 Å². The number of terminal acetylenes is 1. The van der Waals surface area contributed by atoms with Crippen LogP contribution in [0.5, 0.6) is 0 Å². The summed E-state index contributed by atoms with van der Waals surface area (Å²) in [7, 11) is 0. The minimum absolute atomic E-state index is 0.0857. The van der Waals surface area contributed by atoms with Crippen molar-refractivity contribution < 1.29 is 19.1 Å². The van der Waals surface area contributed by atoms with Crippen LogP contribution in [-0.2, 0) is 9.47 Å². The predicted octanol–water partition coefficient (Wildman–Crippen LogP) is 1.10. The molecule has 1 atom stereocenters. The van der Waals surface area contributed by atoms with Crippen LogP contribution in [0, 0.1) is 23.7 Å². The van der Waals surface area contributed by atoms with Gasteiger partial charge in [-0.1, -0.05) is 26.7 Å². The lowest BCUT2D eigenvalue weighted by molar-refractivity contribution is 0.0120. The van der Waals surface area contributed by atoms with Crippen molar-refractivity contribution >= 4 is 12.2 Å². The molecule has 0 aliphatic heterocycles. The van der Waals surface area contributed by atoms with Gasteiger partial charge in [0.15, 0.2) is 0 Å². The van der Waals surface area contributed by atoms with Crippen molar-refractivity contribution in [3.05, 3.63) is 0 Å². The van der Waals surface area contributed by atoms with Crippen LogP contribution in [0.4, 0.5) is 9.59 Å². The lowest BCUT2D eigenvalue weighted by Gasteiger charge is -2.32. The Labute approximate surface area is 107 Å². The van der Waals surface area contributed by atoms with E-state index in [4.69, 9.17) is 21.6 Å². The van der Waals surface area contributed by atoms with Crippen molar-refractivity contribution in [2.24, 2.45) is 17.1 Å². The molecule has 102 valence electrons. The van der Waals surface area contributed by atoms with Gasteiger partial charge in [-0.05, 0) is 5.92 Å². The second-order valence-corrected chi connectivity index (χ2v) is 4.55. The molecule has 0 bridgehead atoms. The molecule has 0 spiro atoms. The average molecular weight is 256 g/mol. The van der Waals surface area contributed by atoms with Gasteiger partial charge in [-0.3, -0.25) is 0 Å². The lowest BCUT2D eigenvalue weighted by atomic mass is 9.81. The van der Waals surface area contributed by atoms with Crippen LogP contribution < -0.4 is 11.1 Å². The van der Waals surface area contributed by atoms with Crippen molar-refractivity contribution in [2.75, 3.05) is 19.8 Å². The van der Waals surface area contributed by atoms with E-state index < -0.39 is 17.6 Å². The van der Waals surface area contributed by atoms with Gasteiger partial charge in [0, 0.05) is 5.41 Å². The summed E-state index contributed by atoms with van der Waals surface area (Å²) in [5, 5.41) is 2.38. The summed E-state index contributed by atoms with van der Waals surface area (Å²) >= 11 is 0. The molecule has 1 unspecified atom stereocenters. The molecule has 0 fully saturated rings. The normalized spacial score (nSPS) is 13.3. The Bertz CT molecular complexity index is 335. The molecule has 0 heterocycles. The zero-order chi connectivity index (χ0) is 14.2. The number of amides is 2. The first-order chi connectivity index (χ1) is 8.31. The van der Waals surface area contributed by atoms with E-state index in [0.717, 1.165) is 0 Å². The molecule has 2 amide bonds. The van der Waals surface area contributed by atoms with E-state index in [1.165, 1.54) is 0 Å². The van der Waals surface area contributed by atoms with Crippen LogP contribution >= 0.6 is 0 Å². The molecule has 0 aromatic carbocycles. The molecule has 18 heavy (non-hydrogen) atoms. The van der Waals surface area contributed by atoms with E-state index >= 15 is 0 Å². The predicted molar refractivity (Wildman–Crippen MR) is 66.7 cm³/mol. The molecule has 0 aromatic rings. The van der Waals surface area contributed by atoms with E-state index in [0.29, 0.717) is 0 Å². The average Bonchev–Trinajstić information content (AvgIpc) is 2.30. The van der Waals surface area contributed by atoms with Gasteiger partial charge >= 0.3 is 12.2 Å². The molecule has 0 aliphatic carbocycles. The molecule has 0 aromatic heterocycles. The highest BCUT2D eigenvalue weighted by molar-refractivity contribution is 5.67. The molecule has 0 rings (SSSR count). The largest absolute Gasteiger partial charge is 0.449 e. The van der Waals surface area contributed by atoms with Crippen molar-refractivity contribution in [3.63, 3.8) is 0 Å². The first-order valence-corrected chi connectivity index (χ1v) is 5.58. The Morgan fingerprint density at radius 1 is 1.39 bits per heavy atom. The fraction of sp³-hybridized carbons (Fsp3) is 0.667. The minimum atomic E-state index is -0.848. The number of ether oxygens (including phenoxy) is 2. The first kappa shape index (κ1) is 16.1. The van der Waals surface area contributed by atoms with Crippen molar-refractivity contribution in [2.45, 2.75) is 20.8 Å². The maximum atomic E-state index is 11.2. The zero-order valence-corrected chi connectivity index (χ0v) is 11.0. The molecule has 6 heteroatoms. The highest BCUT2D eigenvalue weighted by Crippen LogP contribution is 2.27. The van der Waals surface area contributed by atoms with Gasteiger partial charge in [0.05, 0.1) is 6.54 Å². The van der Waals surface area contributed by atoms with E-state index in [2.05, 4.69) is 11.2 Å². The maximum Gasteiger partial charge on any atom is 0.407 e. The summed E-state index contributed by atoms with van der Waals surface area (Å²) in [4.78, 5) is 21.9. The third-order valence-corrected chi connectivity index (χ3v) is 2.81. The van der Waals surface area contributed by atoms with E-state index in [1.807, 2.05) is 20.8 Å². The van der Waals surface area contributed by atoms with Gasteiger partial charge in [0.2, 0.25) is 0 Å². The number of nitrogens with one attached hydrogen (secondary N) is 1. The number of hydrogen-bond acceptors (Lipinski definition) is 4. The van der Waals surface area contributed by atoms with Crippen molar-refractivity contribution in [1.29, 1.82) is 0 Å². The van der Waals surface area contributed by atoms with Crippen LogP contribution in [0.25, 0.3) is 0 Å². The number of alkyl carbamates (subject to hydrolysis) is 1. The number of nitrogens with two attached hydrogens (primary N) is 1. The van der Waals surface area contributed by atoms with Crippen molar-refractivity contribution in [1.82, 2.24) is 5.32 Å². The molecular formula is C12H20N2O4. The monoisotopic (exact) mass is 256 g/mol. The Morgan fingerprint density at radius 2 is 1.94 bits per heavy atom. The topological polar surface area (TPSA) is 90.7 Å². The van der Waals surface area contributed by atoms with Gasteiger partial charge in [-0.2, -0.15) is 0 Å². The first-order valence-electron chi connectivity index (χ1n) is 5.58. The number of hydrogen-bond donors (Lipinski definition) is 2. The fourth-order valence-corrected chi connectivity index (χ4v) is 1.02. The standard InChI is InChI=1S/C12H20N2O4/c1-5-6-14-11(16)18-8-12(4,9(2)3)7-17-10(13)15/h1,9H,6-8H2,2-4H3,(H2,13,15)(H,14,16). The van der Waals surface area contributed by atoms with Crippen LogP contribution in [0.3, 0.4) is 0 Å². The van der Waals surface area contributed by atoms with E-state index in [1.54, 1.807) is 0 Å². The summed E-state index contributed by atoms with van der Waals surface area (Å²) < 4.78 is 9.80. The SMILES string of the molecule is C#CCNC(=O)OCC(C)(COC(N)=O)C(C)C. The minimum Gasteiger partial charge on any atom is -0.449 e. The third kappa shape index (κ3) is 5.99. The highest BCUT2D eigenvalue weighted by atomic mass is 16.6. The third-order valence-electron chi connectivity index (χ3n) is 2.81. The molecule has 6 nitrogen and oxygen atoms in total. The molecule has 3 N–H and O–H groups in total. The lowest BCUT2D eigenvalue weighted by Crippen LogP contribution is -2.38. The van der Waals surface area contributed by atoms with Gasteiger partial charge in [0.1, 0.15) is 13.2 Å². The van der Waals surface area contributed by atoms with E-state index in [9.17, 15) is 9.59 Å². The molecule has 0 radical (unpaired) electrons. The fourth-order valence-electron chi connectivity index (χ4n) is 1.02. The maximum absolute atomic E-state index is 11.2. The molecular weight excluding hydrogens is 236 g/mol. The summed E-state index contributed by atoms with van der Waals surface area (Å²) in [5.74, 6) is 2.40. The highest BCUT2D eigenvalue weighted by Gasteiger charge is 2.31. The Morgan fingerprint density at radius 3 is 2.39 bits per heavy atom. The Kier molecular flexibility index (Phi) is 6.65. The van der Waals surface area contributed by atoms with Gasteiger partial charge in [0.25, 0.3) is 0 Å². The second-order valence-electron chi connectivity index (χ2n) is 4.55. The zero-order valence-electron chi connectivity index (χ0n) is 11.0. The summed E-state index contributed by atoms with van der Waals surface area (Å²) in [6.07, 6.45) is 3.55. The van der Waals surface area contributed by atoms with E-state index in [-0.39, 0.29) is 25.7 Å². The van der Waals surface area contributed by atoms with Crippen LogP contribution in [0.15, 0.2) is 0 Å². The number of carbonyl (C=O) groups is 2. The summed E-state index contributed by atoms with van der Waals surface area (Å²) in [5.41, 5.74) is 4.42. The summed E-state index contributed by atoms with van der Waals surface area (Å²) in [6.45, 7) is 6.01. The number of primary amides is 1. The smallest absolute Gasteiger partial charge is 0.407 e. The molecule has 0 aliphatic rings. The van der Waals surface area contributed by atoms with Gasteiger partial charge in [-0.15, -0.1) is 6.42 Å². The van der Waals surface area contributed by atoms with Crippen LogP contribution in [0.2, 0.25) is 0 Å². The Hall–Kier alpha value is -1.90. The van der Waals surface area contributed by atoms with Gasteiger partial charge in [-0.25, -0.2) is 9.59 Å². The quantitative estimate of drug-likeness (QED) is 0.696.